The van der Waals surface area contributed by atoms with Gasteiger partial charge >= 0.3 is 0 Å². The number of rotatable bonds is 4. The molecule has 0 aliphatic rings. The Balaban J connectivity index is 1.77. The normalized spacial score (nSPS) is 10.5. The van der Waals surface area contributed by atoms with Crippen molar-refractivity contribution in [1.82, 2.24) is 9.78 Å². The van der Waals surface area contributed by atoms with Crippen LogP contribution in [0.4, 0.5) is 5.82 Å². The number of aromatic nitrogens is 2. The Morgan fingerprint density at radius 3 is 2.78 bits per heavy atom. The minimum Gasteiger partial charge on any atom is -0.307 e. The molecule has 0 saturated carbocycles. The van der Waals surface area contributed by atoms with Crippen LogP contribution >= 0.6 is 11.6 Å². The summed E-state index contributed by atoms with van der Waals surface area (Å²) < 4.78 is 1.74. The molecule has 0 aliphatic carbocycles. The molecule has 3 aromatic rings. The molecule has 0 radical (unpaired) electrons. The van der Waals surface area contributed by atoms with Gasteiger partial charge in [-0.25, -0.2) is 4.68 Å². The van der Waals surface area contributed by atoms with Crippen molar-refractivity contribution >= 4 is 23.3 Å². The zero-order valence-corrected chi connectivity index (χ0v) is 13.4. The van der Waals surface area contributed by atoms with E-state index < -0.39 is 0 Å². The first-order valence-electron chi connectivity index (χ1n) is 7.26. The molecule has 0 unspecified atom stereocenters. The molecular formula is C18H16ClN3O. The van der Waals surface area contributed by atoms with Crippen LogP contribution in [0.15, 0.2) is 60.8 Å². The Morgan fingerprint density at radius 2 is 2.00 bits per heavy atom. The van der Waals surface area contributed by atoms with Gasteiger partial charge in [0.15, 0.2) is 0 Å². The average molecular weight is 326 g/mol. The Hall–Kier alpha value is -2.59. The van der Waals surface area contributed by atoms with Crippen molar-refractivity contribution in [2.75, 3.05) is 5.32 Å². The molecule has 1 aromatic heterocycles. The van der Waals surface area contributed by atoms with Crippen molar-refractivity contribution in [2.45, 2.75) is 13.5 Å². The van der Waals surface area contributed by atoms with E-state index in [2.05, 4.69) is 10.4 Å². The molecule has 4 nitrogen and oxygen atoms in total. The molecule has 0 aliphatic heterocycles. The van der Waals surface area contributed by atoms with Gasteiger partial charge in [0.05, 0.1) is 12.7 Å². The van der Waals surface area contributed by atoms with Gasteiger partial charge in [0.1, 0.15) is 5.82 Å². The molecule has 0 spiro atoms. The summed E-state index contributed by atoms with van der Waals surface area (Å²) in [6.07, 6.45) is 1.66. The van der Waals surface area contributed by atoms with Crippen molar-refractivity contribution in [3.8, 4) is 0 Å². The second-order valence-electron chi connectivity index (χ2n) is 5.33. The Kier molecular flexibility index (Phi) is 4.44. The van der Waals surface area contributed by atoms with Crippen LogP contribution in [0.3, 0.4) is 0 Å². The van der Waals surface area contributed by atoms with E-state index in [0.29, 0.717) is 22.9 Å². The molecule has 3 rings (SSSR count). The molecule has 2 aromatic carbocycles. The summed E-state index contributed by atoms with van der Waals surface area (Å²) in [6.45, 7) is 2.50. The lowest BCUT2D eigenvalue weighted by atomic mass is 10.1. The lowest BCUT2D eigenvalue weighted by Crippen LogP contribution is -2.16. The number of hydrogen-bond donors (Lipinski definition) is 1. The molecule has 5 heteroatoms. The first kappa shape index (κ1) is 15.3. The summed E-state index contributed by atoms with van der Waals surface area (Å²) in [5.41, 5.74) is 2.69. The van der Waals surface area contributed by atoms with Crippen molar-refractivity contribution in [1.29, 1.82) is 0 Å². The third-order valence-electron chi connectivity index (χ3n) is 3.46. The second-order valence-corrected chi connectivity index (χ2v) is 5.76. The molecule has 116 valence electrons. The Labute approximate surface area is 139 Å². The summed E-state index contributed by atoms with van der Waals surface area (Å²) in [5.74, 6) is 0.498. The van der Waals surface area contributed by atoms with E-state index in [1.54, 1.807) is 23.0 Å². The lowest BCUT2D eigenvalue weighted by Gasteiger charge is -2.10. The number of benzene rings is 2. The quantitative estimate of drug-likeness (QED) is 0.783. The molecule has 1 heterocycles. The van der Waals surface area contributed by atoms with Gasteiger partial charge in [-0.15, -0.1) is 0 Å². The van der Waals surface area contributed by atoms with Crippen molar-refractivity contribution in [3.05, 3.63) is 82.5 Å². The van der Waals surface area contributed by atoms with E-state index >= 15 is 0 Å². The minimum atomic E-state index is -0.151. The number of amides is 1. The van der Waals surface area contributed by atoms with Crippen molar-refractivity contribution < 1.29 is 4.79 Å². The highest BCUT2D eigenvalue weighted by molar-refractivity contribution is 6.30. The van der Waals surface area contributed by atoms with Crippen LogP contribution in [0.2, 0.25) is 5.02 Å². The lowest BCUT2D eigenvalue weighted by molar-refractivity contribution is 0.102. The first-order valence-corrected chi connectivity index (χ1v) is 7.64. The van der Waals surface area contributed by atoms with Crippen LogP contribution in [-0.4, -0.2) is 15.7 Å². The largest absolute Gasteiger partial charge is 0.307 e. The first-order chi connectivity index (χ1) is 11.1. The van der Waals surface area contributed by atoms with Gasteiger partial charge in [-0.1, -0.05) is 41.4 Å². The van der Waals surface area contributed by atoms with Crippen molar-refractivity contribution in [3.63, 3.8) is 0 Å². The number of halogens is 1. The highest BCUT2D eigenvalue weighted by Crippen LogP contribution is 2.15. The maximum absolute atomic E-state index is 12.3. The molecule has 0 bridgehead atoms. The fourth-order valence-corrected chi connectivity index (χ4v) is 2.56. The maximum Gasteiger partial charge on any atom is 0.256 e. The summed E-state index contributed by atoms with van der Waals surface area (Å²) in [6, 6.07) is 16.8. The number of anilines is 1. The van der Waals surface area contributed by atoms with E-state index in [1.165, 1.54) is 0 Å². The monoisotopic (exact) mass is 325 g/mol. The van der Waals surface area contributed by atoms with E-state index in [1.807, 2.05) is 49.4 Å². The summed E-state index contributed by atoms with van der Waals surface area (Å²) in [5, 5.41) is 7.84. The van der Waals surface area contributed by atoms with Gasteiger partial charge < -0.3 is 5.32 Å². The van der Waals surface area contributed by atoms with Gasteiger partial charge in [0.25, 0.3) is 5.91 Å². The predicted octanol–water partition coefficient (Wildman–Crippen LogP) is 4.15. The van der Waals surface area contributed by atoms with Gasteiger partial charge in [-0.3, -0.25) is 4.79 Å². The summed E-state index contributed by atoms with van der Waals surface area (Å²) >= 11 is 6.00. The van der Waals surface area contributed by atoms with Crippen LogP contribution in [0.25, 0.3) is 0 Å². The van der Waals surface area contributed by atoms with Crippen LogP contribution in [-0.2, 0) is 6.54 Å². The zero-order chi connectivity index (χ0) is 16.2. The highest BCUT2D eigenvalue weighted by Gasteiger charge is 2.10. The number of nitrogens with zero attached hydrogens (tertiary/aromatic N) is 2. The minimum absolute atomic E-state index is 0.151. The molecule has 0 fully saturated rings. The van der Waals surface area contributed by atoms with Crippen LogP contribution in [0, 0.1) is 6.92 Å². The van der Waals surface area contributed by atoms with Gasteiger partial charge in [0, 0.05) is 16.7 Å². The van der Waals surface area contributed by atoms with E-state index in [0.717, 1.165) is 11.1 Å². The van der Waals surface area contributed by atoms with Crippen LogP contribution in [0.5, 0.6) is 0 Å². The van der Waals surface area contributed by atoms with E-state index in [9.17, 15) is 4.79 Å². The molecule has 1 N–H and O–H groups in total. The van der Waals surface area contributed by atoms with Crippen molar-refractivity contribution in [2.24, 2.45) is 0 Å². The average Bonchev–Trinajstić information content (AvgIpc) is 2.94. The topological polar surface area (TPSA) is 46.9 Å². The maximum atomic E-state index is 12.3. The van der Waals surface area contributed by atoms with Gasteiger partial charge in [-0.05, 0) is 36.8 Å². The number of nitrogens with one attached hydrogen (secondary N) is 1. The Morgan fingerprint density at radius 1 is 1.17 bits per heavy atom. The third kappa shape index (κ3) is 3.79. The SMILES string of the molecule is Cc1cccc(C(=O)Nc2ccnn2Cc2cccc(Cl)c2)c1. The number of hydrogen-bond acceptors (Lipinski definition) is 2. The molecule has 0 saturated heterocycles. The molecule has 23 heavy (non-hydrogen) atoms. The zero-order valence-electron chi connectivity index (χ0n) is 12.7. The molecule has 1 amide bonds. The van der Waals surface area contributed by atoms with Gasteiger partial charge in [-0.2, -0.15) is 5.10 Å². The summed E-state index contributed by atoms with van der Waals surface area (Å²) in [7, 11) is 0. The standard InChI is InChI=1S/C18H16ClN3O/c1-13-4-2-6-15(10-13)18(23)21-17-8-9-20-22(17)12-14-5-3-7-16(19)11-14/h2-11H,12H2,1H3,(H,21,23). The van der Waals surface area contributed by atoms with Crippen LogP contribution < -0.4 is 5.32 Å². The predicted molar refractivity (Wildman–Crippen MR) is 91.9 cm³/mol. The number of carbonyl (C=O) groups is 1. The second kappa shape index (κ2) is 6.67. The fraction of sp³-hybridized carbons (Fsp3) is 0.111. The molecule has 0 atom stereocenters. The smallest absolute Gasteiger partial charge is 0.256 e. The van der Waals surface area contributed by atoms with Gasteiger partial charge in [0.2, 0.25) is 0 Å². The third-order valence-corrected chi connectivity index (χ3v) is 3.69. The fourth-order valence-electron chi connectivity index (χ4n) is 2.35. The number of carbonyl (C=O) groups excluding carboxylic acids is 1. The van der Waals surface area contributed by atoms with E-state index in [-0.39, 0.29) is 5.91 Å². The van der Waals surface area contributed by atoms with E-state index in [4.69, 9.17) is 11.6 Å². The molecular weight excluding hydrogens is 310 g/mol. The Bertz CT molecular complexity index is 842. The number of aryl methyl sites for hydroxylation is 1. The van der Waals surface area contributed by atoms with Crippen LogP contribution in [0.1, 0.15) is 21.5 Å². The highest BCUT2D eigenvalue weighted by atomic mass is 35.5. The summed E-state index contributed by atoms with van der Waals surface area (Å²) in [4.78, 5) is 12.3.